The zero-order valence-corrected chi connectivity index (χ0v) is 13.5. The van der Waals surface area contributed by atoms with E-state index < -0.39 is 22.0 Å². The molecule has 21 heavy (non-hydrogen) atoms. The number of thioether (sulfide) groups is 1. The normalized spacial score (nSPS) is 19.0. The molecule has 3 rings (SSSR count). The molecule has 8 heteroatoms. The summed E-state index contributed by atoms with van der Waals surface area (Å²) in [4.78, 5) is 5.26. The third kappa shape index (κ3) is 3.77. The van der Waals surface area contributed by atoms with E-state index in [-0.39, 0.29) is 0 Å². The molecule has 108 valence electrons. The molecule has 1 aliphatic rings. The number of rotatable bonds is 1. The van der Waals surface area contributed by atoms with Crippen molar-refractivity contribution < 1.29 is 8.42 Å². The predicted molar refractivity (Wildman–Crippen MR) is 85.6 cm³/mol. The molecule has 0 aliphatic carbocycles. The zero-order valence-electron chi connectivity index (χ0n) is 11.0. The first-order valence-electron chi connectivity index (χ1n) is 5.80. The van der Waals surface area contributed by atoms with Gasteiger partial charge in [-0.2, -0.15) is 0 Å². The third-order valence-corrected chi connectivity index (χ3v) is 6.02. The van der Waals surface area contributed by atoms with E-state index >= 15 is 0 Å². The van der Waals surface area contributed by atoms with Crippen LogP contribution in [0.1, 0.15) is 0 Å². The van der Waals surface area contributed by atoms with E-state index in [2.05, 4.69) is 9.10 Å². The van der Waals surface area contributed by atoms with Gasteiger partial charge in [0.1, 0.15) is 4.90 Å². The Kier molecular flexibility index (Phi) is 5.64. The highest BCUT2D eigenvalue weighted by Gasteiger charge is 2.12. The van der Waals surface area contributed by atoms with Crippen LogP contribution in [0.25, 0.3) is 9.10 Å². The van der Waals surface area contributed by atoms with Gasteiger partial charge >= 0.3 is 5.69 Å². The molecule has 2 unspecified atom stereocenters. The Labute approximate surface area is 132 Å². The summed E-state index contributed by atoms with van der Waals surface area (Å²) in [5.41, 5.74) is 0.634. The zero-order chi connectivity index (χ0) is 15.2. The quantitative estimate of drug-likeness (QED) is 0.582. The minimum Gasteiger partial charge on any atom is -0.482 e. The van der Waals surface area contributed by atoms with Crippen LogP contribution in [-0.4, -0.2) is 14.7 Å². The minimum absolute atomic E-state index is 0.575. The van der Waals surface area contributed by atoms with Gasteiger partial charge in [-0.3, -0.25) is 8.42 Å². The maximum absolute atomic E-state index is 11.0. The maximum atomic E-state index is 11.0. The van der Waals surface area contributed by atoms with Gasteiger partial charge in [-0.1, -0.05) is 24.3 Å². The molecule has 2 aromatic rings. The summed E-state index contributed by atoms with van der Waals surface area (Å²) in [6, 6.07) is 14.3. The van der Waals surface area contributed by atoms with Crippen LogP contribution in [0.15, 0.2) is 63.2 Å². The molecule has 0 saturated heterocycles. The fraction of sp³-hybridized carbons (Fsp3) is 0.0769. The van der Waals surface area contributed by atoms with Crippen LogP contribution < -0.4 is 0 Å². The van der Waals surface area contributed by atoms with E-state index in [9.17, 15) is 8.42 Å². The lowest BCUT2D eigenvalue weighted by molar-refractivity contribution is 0.686. The van der Waals surface area contributed by atoms with Crippen LogP contribution in [0.5, 0.6) is 0 Å². The fourth-order valence-corrected chi connectivity index (χ4v) is 4.56. The van der Waals surface area contributed by atoms with Crippen molar-refractivity contribution in [3.8, 4) is 0 Å². The van der Waals surface area contributed by atoms with Crippen molar-refractivity contribution in [2.45, 2.75) is 14.7 Å². The van der Waals surface area contributed by atoms with E-state index in [1.807, 2.05) is 24.5 Å². The Morgan fingerprint density at radius 1 is 1.00 bits per heavy atom. The van der Waals surface area contributed by atoms with E-state index in [1.54, 1.807) is 42.1 Å². The average molecular weight is 337 g/mol. The lowest BCUT2D eigenvalue weighted by Gasteiger charge is -2.02. The molecule has 0 saturated carbocycles. The first-order valence-corrected chi connectivity index (χ1v) is 9.24. The second-order valence-corrected chi connectivity index (χ2v) is 7.11. The summed E-state index contributed by atoms with van der Waals surface area (Å²) in [5.74, 6) is 0. The molecule has 0 aromatic heterocycles. The first-order chi connectivity index (χ1) is 10.2. The van der Waals surface area contributed by atoms with Gasteiger partial charge in [0, 0.05) is 15.9 Å². The summed E-state index contributed by atoms with van der Waals surface area (Å²) >= 11 is 1.57. The second kappa shape index (κ2) is 7.47. The summed E-state index contributed by atoms with van der Waals surface area (Å²) in [6.45, 7) is 0. The molecule has 2 atom stereocenters. The standard InChI is InChI=1S/C7H7N2S.C6H4NO2S2/c1-10-7-5-3-2-4-6(7)9-8;8-10-5-3-1-2-4-6(5)11(9)7-10/h2-5H,1H3;1-4H/q+1;-1. The van der Waals surface area contributed by atoms with Crippen LogP contribution in [0.4, 0.5) is 5.69 Å². The van der Waals surface area contributed by atoms with Gasteiger partial charge in [0.2, 0.25) is 5.39 Å². The van der Waals surface area contributed by atoms with Crippen molar-refractivity contribution in [1.29, 1.82) is 5.39 Å². The van der Waals surface area contributed by atoms with E-state index in [0.29, 0.717) is 15.5 Å². The number of fused-ring (bicyclic) bond motifs is 1. The topological polar surface area (TPSA) is 76.4 Å². The van der Waals surface area contributed by atoms with Crippen molar-refractivity contribution in [2.24, 2.45) is 0 Å². The van der Waals surface area contributed by atoms with Crippen LogP contribution in [0.3, 0.4) is 0 Å². The van der Waals surface area contributed by atoms with Crippen LogP contribution in [0, 0.1) is 5.39 Å². The highest BCUT2D eigenvalue weighted by molar-refractivity contribution is 8.08. The van der Waals surface area contributed by atoms with Crippen molar-refractivity contribution in [2.75, 3.05) is 6.26 Å². The molecule has 2 aromatic carbocycles. The smallest absolute Gasteiger partial charge is 0.398 e. The van der Waals surface area contributed by atoms with Gasteiger partial charge in [0.05, 0.1) is 0 Å². The van der Waals surface area contributed by atoms with Crippen molar-refractivity contribution >= 4 is 39.4 Å². The SMILES string of the molecule is CSc1ccccc1[N+]#N.O=S1[N-]S(=O)c2ccccc21. The van der Waals surface area contributed by atoms with Gasteiger partial charge in [-0.05, 0) is 46.4 Å². The molecule has 0 N–H and O–H groups in total. The Bertz CT molecular complexity index is 710. The summed E-state index contributed by atoms with van der Waals surface area (Å²) in [5, 5.41) is 8.46. The monoisotopic (exact) mass is 337 g/mol. The van der Waals surface area contributed by atoms with Gasteiger partial charge in [-0.25, -0.2) is 0 Å². The Morgan fingerprint density at radius 3 is 2.00 bits per heavy atom. The molecule has 0 bridgehead atoms. The fourth-order valence-electron chi connectivity index (χ4n) is 1.59. The predicted octanol–water partition coefficient (Wildman–Crippen LogP) is 4.01. The molecule has 0 amide bonds. The molecular formula is C13H11N3O2S3. The minimum atomic E-state index is -1.40. The lowest BCUT2D eigenvalue weighted by Crippen LogP contribution is -1.80. The summed E-state index contributed by atoms with van der Waals surface area (Å²) < 4.78 is 25.6. The highest BCUT2D eigenvalue weighted by atomic mass is 32.3. The van der Waals surface area contributed by atoms with Crippen LogP contribution in [-0.2, 0) is 22.0 Å². The lowest BCUT2D eigenvalue weighted by atomic mass is 10.3. The van der Waals surface area contributed by atoms with E-state index in [0.717, 1.165) is 4.90 Å². The van der Waals surface area contributed by atoms with Gasteiger partial charge in [0.25, 0.3) is 0 Å². The molecule has 1 aliphatic heterocycles. The number of hydrogen-bond acceptors (Lipinski definition) is 4. The van der Waals surface area contributed by atoms with Crippen LogP contribution in [0.2, 0.25) is 0 Å². The Balaban J connectivity index is 0.000000155. The Morgan fingerprint density at radius 2 is 1.52 bits per heavy atom. The number of benzene rings is 2. The summed E-state index contributed by atoms with van der Waals surface area (Å²) in [7, 11) is -2.81. The second-order valence-electron chi connectivity index (χ2n) is 3.79. The van der Waals surface area contributed by atoms with E-state index in [4.69, 9.17) is 5.39 Å². The van der Waals surface area contributed by atoms with E-state index in [1.165, 1.54) is 0 Å². The molecule has 1 heterocycles. The van der Waals surface area contributed by atoms with Gasteiger partial charge in [-0.15, -0.1) is 11.8 Å². The van der Waals surface area contributed by atoms with Gasteiger partial charge in [0.15, 0.2) is 4.98 Å². The molecule has 0 spiro atoms. The number of nitrogens with zero attached hydrogens (tertiary/aromatic N) is 3. The average Bonchev–Trinajstić information content (AvgIpc) is 2.83. The molecular weight excluding hydrogens is 326 g/mol. The first kappa shape index (κ1) is 15.9. The third-order valence-electron chi connectivity index (χ3n) is 2.55. The molecule has 5 nitrogen and oxygen atoms in total. The highest BCUT2D eigenvalue weighted by Crippen LogP contribution is 2.31. The largest absolute Gasteiger partial charge is 0.482 e. The number of hydrogen-bond donors (Lipinski definition) is 0. The number of diazo groups is 1. The van der Waals surface area contributed by atoms with Crippen molar-refractivity contribution in [3.63, 3.8) is 0 Å². The van der Waals surface area contributed by atoms with Crippen LogP contribution >= 0.6 is 11.8 Å². The van der Waals surface area contributed by atoms with Crippen molar-refractivity contribution in [1.82, 2.24) is 0 Å². The summed E-state index contributed by atoms with van der Waals surface area (Å²) in [6.07, 6.45) is 1.95. The molecule has 0 radical (unpaired) electrons. The maximum Gasteiger partial charge on any atom is 0.398 e. The Hall–Kier alpha value is -1.53. The molecule has 0 fully saturated rings. The van der Waals surface area contributed by atoms with Crippen molar-refractivity contribution in [3.05, 3.63) is 57.6 Å². The van der Waals surface area contributed by atoms with Gasteiger partial charge < -0.3 is 4.13 Å².